The Kier molecular flexibility index (Phi) is 8.43. The van der Waals surface area contributed by atoms with Crippen molar-refractivity contribution in [3.05, 3.63) is 29.8 Å². The fourth-order valence-corrected chi connectivity index (χ4v) is 3.21. The minimum atomic E-state index is -0.184. The predicted octanol–water partition coefficient (Wildman–Crippen LogP) is 3.85. The molecule has 2 rings (SSSR count). The molecule has 1 aliphatic rings. The van der Waals surface area contributed by atoms with Crippen molar-refractivity contribution in [2.75, 3.05) is 11.9 Å². The van der Waals surface area contributed by atoms with E-state index in [-0.39, 0.29) is 12.1 Å². The average Bonchev–Trinajstić information content (AvgIpc) is 2.62. The highest BCUT2D eigenvalue weighted by Crippen LogP contribution is 2.23. The lowest BCUT2D eigenvalue weighted by atomic mass is 9.87. The van der Waals surface area contributed by atoms with Crippen molar-refractivity contribution in [2.24, 2.45) is 10.9 Å². The van der Waals surface area contributed by atoms with Crippen LogP contribution in [-0.2, 0) is 6.54 Å². The topological polar surface area (TPSA) is 77.5 Å². The molecule has 27 heavy (non-hydrogen) atoms. The van der Waals surface area contributed by atoms with Crippen molar-refractivity contribution >= 4 is 17.7 Å². The summed E-state index contributed by atoms with van der Waals surface area (Å²) in [4.78, 5) is 16.5. The van der Waals surface area contributed by atoms with E-state index in [2.05, 4.69) is 35.1 Å². The lowest BCUT2D eigenvalue weighted by Crippen LogP contribution is -2.44. The minimum absolute atomic E-state index is 0.114. The van der Waals surface area contributed by atoms with E-state index in [9.17, 15) is 4.79 Å². The van der Waals surface area contributed by atoms with Crippen LogP contribution >= 0.6 is 0 Å². The van der Waals surface area contributed by atoms with Crippen molar-refractivity contribution < 1.29 is 4.79 Å². The quantitative estimate of drug-likeness (QED) is 0.452. The third kappa shape index (κ3) is 7.89. The van der Waals surface area contributed by atoms with Gasteiger partial charge in [-0.15, -0.1) is 0 Å². The van der Waals surface area contributed by atoms with Crippen molar-refractivity contribution in [1.29, 1.82) is 0 Å². The molecule has 1 aliphatic carbocycles. The summed E-state index contributed by atoms with van der Waals surface area (Å²) in [6, 6.07) is 8.27. The van der Waals surface area contributed by atoms with Gasteiger partial charge in [-0.05, 0) is 70.1 Å². The Morgan fingerprint density at radius 2 is 1.81 bits per heavy atom. The largest absolute Gasteiger partial charge is 0.357 e. The van der Waals surface area contributed by atoms with Crippen LogP contribution in [0.4, 0.5) is 10.5 Å². The molecule has 6 nitrogen and oxygen atoms in total. The average molecular weight is 374 g/mol. The zero-order valence-corrected chi connectivity index (χ0v) is 17.1. The lowest BCUT2D eigenvalue weighted by molar-refractivity contribution is 0.250. The molecule has 0 spiro atoms. The second kappa shape index (κ2) is 10.8. The summed E-state index contributed by atoms with van der Waals surface area (Å²) in [5.41, 5.74) is 1.89. The molecule has 0 saturated heterocycles. The van der Waals surface area contributed by atoms with Crippen LogP contribution in [0.25, 0.3) is 0 Å². The number of nitrogens with one attached hydrogen (secondary N) is 4. The second-order valence-electron chi connectivity index (χ2n) is 7.75. The first-order chi connectivity index (χ1) is 13.0. The van der Waals surface area contributed by atoms with Crippen LogP contribution in [0.5, 0.6) is 0 Å². The van der Waals surface area contributed by atoms with E-state index in [0.29, 0.717) is 12.6 Å². The van der Waals surface area contributed by atoms with Crippen LogP contribution in [0.3, 0.4) is 0 Å². The highest BCUT2D eigenvalue weighted by Gasteiger charge is 2.18. The van der Waals surface area contributed by atoms with Crippen LogP contribution in [0.2, 0.25) is 0 Å². The summed E-state index contributed by atoms with van der Waals surface area (Å²) < 4.78 is 0. The third-order valence-corrected chi connectivity index (χ3v) is 4.75. The Morgan fingerprint density at radius 1 is 1.15 bits per heavy atom. The van der Waals surface area contributed by atoms with E-state index in [1.807, 2.05) is 38.1 Å². The third-order valence-electron chi connectivity index (χ3n) is 4.75. The van der Waals surface area contributed by atoms with Gasteiger partial charge in [0.25, 0.3) is 0 Å². The number of hydrogen-bond acceptors (Lipinski definition) is 2. The molecule has 0 unspecified atom stereocenters. The maximum Gasteiger partial charge on any atom is 0.319 e. The molecule has 1 aromatic carbocycles. The van der Waals surface area contributed by atoms with Gasteiger partial charge in [0.05, 0.1) is 6.54 Å². The fraction of sp³-hybridized carbons (Fsp3) is 0.619. The number of carbonyl (C=O) groups excluding carboxylic acids is 1. The monoisotopic (exact) mass is 373 g/mol. The molecule has 0 bridgehead atoms. The number of urea groups is 1. The van der Waals surface area contributed by atoms with Gasteiger partial charge in [0.15, 0.2) is 5.96 Å². The fourth-order valence-electron chi connectivity index (χ4n) is 3.21. The molecule has 2 amide bonds. The smallest absolute Gasteiger partial charge is 0.319 e. The van der Waals surface area contributed by atoms with Crippen LogP contribution in [0, 0.1) is 5.92 Å². The van der Waals surface area contributed by atoms with Crippen LogP contribution in [-0.4, -0.2) is 30.6 Å². The standard InChI is InChI=1S/C21H35N5O/c1-5-22-20(25-18-10-6-16(4)7-11-18)23-14-17-8-12-19(13-9-17)26-21(27)24-15(2)3/h8-9,12-13,15-16,18H,5-7,10-11,14H2,1-4H3,(H2,22,23,25)(H2,24,26,27). The van der Waals surface area contributed by atoms with Crippen molar-refractivity contribution in [2.45, 2.75) is 72.0 Å². The van der Waals surface area contributed by atoms with Crippen molar-refractivity contribution in [1.82, 2.24) is 16.0 Å². The maximum atomic E-state index is 11.7. The molecule has 0 aliphatic heterocycles. The number of nitrogens with zero attached hydrogens (tertiary/aromatic N) is 1. The van der Waals surface area contributed by atoms with Gasteiger partial charge in [-0.1, -0.05) is 19.1 Å². The molecular weight excluding hydrogens is 338 g/mol. The van der Waals surface area contributed by atoms with E-state index in [1.165, 1.54) is 25.7 Å². The van der Waals surface area contributed by atoms with Gasteiger partial charge >= 0.3 is 6.03 Å². The van der Waals surface area contributed by atoms with E-state index >= 15 is 0 Å². The molecule has 150 valence electrons. The second-order valence-corrected chi connectivity index (χ2v) is 7.75. The summed E-state index contributed by atoms with van der Waals surface area (Å²) in [7, 11) is 0. The first-order valence-electron chi connectivity index (χ1n) is 10.2. The number of carbonyl (C=O) groups is 1. The summed E-state index contributed by atoms with van der Waals surface area (Å²) in [5.74, 6) is 1.73. The molecular formula is C21H35N5O. The van der Waals surface area contributed by atoms with E-state index in [1.54, 1.807) is 0 Å². The zero-order chi connectivity index (χ0) is 19.6. The number of rotatable bonds is 6. The minimum Gasteiger partial charge on any atom is -0.357 e. The number of aliphatic imine (C=N–C) groups is 1. The van der Waals surface area contributed by atoms with Gasteiger partial charge < -0.3 is 21.3 Å². The number of hydrogen-bond donors (Lipinski definition) is 4. The van der Waals surface area contributed by atoms with Gasteiger partial charge in [0.2, 0.25) is 0 Å². The highest BCUT2D eigenvalue weighted by molar-refractivity contribution is 5.89. The van der Waals surface area contributed by atoms with Crippen LogP contribution < -0.4 is 21.3 Å². The van der Waals surface area contributed by atoms with Gasteiger partial charge in [0.1, 0.15) is 0 Å². The van der Waals surface area contributed by atoms with E-state index < -0.39 is 0 Å². The van der Waals surface area contributed by atoms with Crippen LogP contribution in [0.15, 0.2) is 29.3 Å². The Hall–Kier alpha value is -2.24. The number of benzene rings is 1. The zero-order valence-electron chi connectivity index (χ0n) is 17.1. The Bertz CT molecular complexity index is 604. The van der Waals surface area contributed by atoms with Crippen molar-refractivity contribution in [3.63, 3.8) is 0 Å². The molecule has 0 heterocycles. The Labute approximate surface area is 163 Å². The molecule has 4 N–H and O–H groups in total. The molecule has 1 fully saturated rings. The first kappa shape index (κ1) is 21.1. The first-order valence-corrected chi connectivity index (χ1v) is 10.2. The highest BCUT2D eigenvalue weighted by atomic mass is 16.2. The van der Waals surface area contributed by atoms with E-state index in [4.69, 9.17) is 4.99 Å². The number of amides is 2. The van der Waals surface area contributed by atoms with Gasteiger partial charge in [-0.25, -0.2) is 9.79 Å². The molecule has 1 saturated carbocycles. The molecule has 0 aromatic heterocycles. The normalized spacial score (nSPS) is 20.3. The van der Waals surface area contributed by atoms with Gasteiger partial charge in [0, 0.05) is 24.3 Å². The summed E-state index contributed by atoms with van der Waals surface area (Å²) in [6.07, 6.45) is 5.00. The summed E-state index contributed by atoms with van der Waals surface area (Å²) in [5, 5.41) is 12.6. The summed E-state index contributed by atoms with van der Waals surface area (Å²) in [6.45, 7) is 9.75. The Morgan fingerprint density at radius 3 is 2.41 bits per heavy atom. The predicted molar refractivity (Wildman–Crippen MR) is 113 cm³/mol. The number of anilines is 1. The maximum absolute atomic E-state index is 11.7. The molecule has 6 heteroatoms. The van der Waals surface area contributed by atoms with Gasteiger partial charge in [-0.2, -0.15) is 0 Å². The SMILES string of the molecule is CCNC(=NCc1ccc(NC(=O)NC(C)C)cc1)NC1CCC(C)CC1. The lowest BCUT2D eigenvalue weighted by Gasteiger charge is -2.28. The Balaban J connectivity index is 1.88. The molecule has 0 radical (unpaired) electrons. The van der Waals surface area contributed by atoms with Crippen LogP contribution in [0.1, 0.15) is 58.9 Å². The number of guanidine groups is 1. The molecule has 1 aromatic rings. The summed E-state index contributed by atoms with van der Waals surface area (Å²) >= 11 is 0. The van der Waals surface area contributed by atoms with Gasteiger partial charge in [-0.3, -0.25) is 0 Å². The van der Waals surface area contributed by atoms with E-state index in [0.717, 1.165) is 29.7 Å². The molecule has 0 atom stereocenters. The van der Waals surface area contributed by atoms with Crippen molar-refractivity contribution in [3.8, 4) is 0 Å².